The Labute approximate surface area is 122 Å². The van der Waals surface area contributed by atoms with Crippen molar-refractivity contribution in [1.82, 2.24) is 0 Å². The fourth-order valence-electron chi connectivity index (χ4n) is 1.66. The summed E-state index contributed by atoms with van der Waals surface area (Å²) in [4.78, 5) is 0. The van der Waals surface area contributed by atoms with Crippen LogP contribution < -0.4 is 5.73 Å². The molecule has 0 aliphatic heterocycles. The molecule has 0 amide bonds. The van der Waals surface area contributed by atoms with Gasteiger partial charge in [0.1, 0.15) is 5.82 Å². The van der Waals surface area contributed by atoms with Crippen molar-refractivity contribution in [2.75, 3.05) is 0 Å². The molecule has 0 heterocycles. The Bertz CT molecular complexity index is 376. The maximum absolute atomic E-state index is 13.6. The maximum atomic E-state index is 13.6. The molecule has 2 nitrogen and oxygen atoms in total. The second kappa shape index (κ2) is 8.10. The van der Waals surface area contributed by atoms with Crippen LogP contribution in [0, 0.1) is 11.7 Å². The van der Waals surface area contributed by atoms with Crippen molar-refractivity contribution in [2.24, 2.45) is 11.7 Å². The fourth-order valence-corrected chi connectivity index (χ4v) is 2.00. The number of rotatable bonds is 5. The summed E-state index contributed by atoms with van der Waals surface area (Å²) in [5.74, 6) is 0.127. The van der Waals surface area contributed by atoms with Crippen LogP contribution in [0.3, 0.4) is 0 Å². The fraction of sp³-hybridized carbons (Fsp3) is 0.538. The van der Waals surface area contributed by atoms with E-state index in [0.29, 0.717) is 22.4 Å². The van der Waals surface area contributed by atoms with Gasteiger partial charge in [-0.1, -0.05) is 35.8 Å². The van der Waals surface area contributed by atoms with E-state index in [1.54, 1.807) is 12.1 Å². The van der Waals surface area contributed by atoms with Gasteiger partial charge < -0.3 is 10.8 Å². The predicted molar refractivity (Wildman–Crippen MR) is 78.4 cm³/mol. The summed E-state index contributed by atoms with van der Waals surface area (Å²) < 4.78 is 14.3. The Hall–Kier alpha value is -0.160. The van der Waals surface area contributed by atoms with Gasteiger partial charge in [0.2, 0.25) is 0 Å². The van der Waals surface area contributed by atoms with Crippen LogP contribution in [0.4, 0.5) is 4.39 Å². The molecule has 0 bridgehead atoms. The summed E-state index contributed by atoms with van der Waals surface area (Å²) in [6, 6.07) is 4.04. The van der Waals surface area contributed by atoms with E-state index in [2.05, 4.69) is 29.8 Å². The van der Waals surface area contributed by atoms with Gasteiger partial charge in [0.25, 0.3) is 0 Å². The third kappa shape index (κ3) is 5.22. The van der Waals surface area contributed by atoms with Crippen molar-refractivity contribution in [3.05, 3.63) is 34.1 Å². The summed E-state index contributed by atoms with van der Waals surface area (Å²) in [6.07, 6.45) is 0.773. The molecule has 1 aromatic carbocycles. The highest BCUT2D eigenvalue weighted by atomic mass is 79.9. The minimum atomic E-state index is -0.701. The van der Waals surface area contributed by atoms with Crippen LogP contribution in [0.5, 0.6) is 0 Å². The van der Waals surface area contributed by atoms with E-state index in [-0.39, 0.29) is 18.2 Å². The van der Waals surface area contributed by atoms with Crippen LogP contribution in [0.2, 0.25) is 0 Å². The van der Waals surface area contributed by atoms with Gasteiger partial charge in [-0.25, -0.2) is 4.39 Å². The van der Waals surface area contributed by atoms with Crippen molar-refractivity contribution in [3.63, 3.8) is 0 Å². The quantitative estimate of drug-likeness (QED) is 0.856. The Balaban J connectivity index is 0.00000289. The van der Waals surface area contributed by atoms with Crippen molar-refractivity contribution in [3.8, 4) is 0 Å². The van der Waals surface area contributed by atoms with Crippen LogP contribution in [-0.4, -0.2) is 11.2 Å². The first-order valence-electron chi connectivity index (χ1n) is 5.80. The average molecular weight is 341 g/mol. The average Bonchev–Trinajstić information content (AvgIpc) is 2.25. The Morgan fingerprint density at radius 3 is 2.44 bits per heavy atom. The zero-order valence-corrected chi connectivity index (χ0v) is 13.0. The molecule has 0 aromatic heterocycles. The first-order chi connectivity index (χ1) is 7.91. The van der Waals surface area contributed by atoms with Crippen LogP contribution in [0.15, 0.2) is 22.7 Å². The molecule has 1 rings (SSSR count). The van der Waals surface area contributed by atoms with Gasteiger partial charge in [0.15, 0.2) is 0 Å². The highest BCUT2D eigenvalue weighted by Gasteiger charge is 2.20. The number of nitrogens with two attached hydrogens (primary N) is 1. The number of hydrogen-bond donors (Lipinski definition) is 2. The Morgan fingerprint density at radius 1 is 1.33 bits per heavy atom. The summed E-state index contributed by atoms with van der Waals surface area (Å²) in [5.41, 5.74) is 6.24. The first-order valence-corrected chi connectivity index (χ1v) is 6.59. The van der Waals surface area contributed by atoms with Gasteiger partial charge >= 0.3 is 0 Å². The number of aliphatic hydroxyl groups excluding tert-OH is 1. The van der Waals surface area contributed by atoms with E-state index in [0.717, 1.165) is 6.42 Å². The molecule has 2 atom stereocenters. The third-order valence-corrected chi connectivity index (χ3v) is 3.27. The van der Waals surface area contributed by atoms with Gasteiger partial charge in [-0.15, -0.1) is 12.4 Å². The summed E-state index contributed by atoms with van der Waals surface area (Å²) in [5, 5.41) is 9.91. The molecule has 5 heteroatoms. The van der Waals surface area contributed by atoms with E-state index in [1.807, 2.05) is 0 Å². The lowest BCUT2D eigenvalue weighted by molar-refractivity contribution is 0.127. The molecule has 18 heavy (non-hydrogen) atoms. The molecule has 0 saturated heterocycles. The largest absolute Gasteiger partial charge is 0.391 e. The van der Waals surface area contributed by atoms with Gasteiger partial charge in [0, 0.05) is 10.0 Å². The number of hydrogen-bond acceptors (Lipinski definition) is 2. The second-order valence-corrected chi connectivity index (χ2v) is 5.65. The molecule has 0 aliphatic rings. The summed E-state index contributed by atoms with van der Waals surface area (Å²) in [7, 11) is 0. The Morgan fingerprint density at radius 2 is 1.94 bits per heavy atom. The monoisotopic (exact) mass is 339 g/mol. The minimum absolute atomic E-state index is 0. The highest BCUT2D eigenvalue weighted by molar-refractivity contribution is 9.10. The van der Waals surface area contributed by atoms with Gasteiger partial charge in [0.05, 0.1) is 12.1 Å². The van der Waals surface area contributed by atoms with E-state index in [1.165, 1.54) is 6.07 Å². The molecular weight excluding hydrogens is 321 g/mol. The van der Waals surface area contributed by atoms with Crippen LogP contribution in [-0.2, 0) is 0 Å². The third-order valence-electron chi connectivity index (χ3n) is 2.78. The van der Waals surface area contributed by atoms with Crippen molar-refractivity contribution in [1.29, 1.82) is 0 Å². The van der Waals surface area contributed by atoms with Gasteiger partial charge in [-0.2, -0.15) is 0 Å². The van der Waals surface area contributed by atoms with E-state index in [9.17, 15) is 9.50 Å². The highest BCUT2D eigenvalue weighted by Crippen LogP contribution is 2.24. The molecule has 104 valence electrons. The molecule has 0 radical (unpaired) electrons. The smallest absolute Gasteiger partial charge is 0.129 e. The van der Waals surface area contributed by atoms with E-state index < -0.39 is 12.1 Å². The van der Waals surface area contributed by atoms with Gasteiger partial charge in [-0.3, -0.25) is 0 Å². The predicted octanol–water partition coefficient (Wildman–Crippen LogP) is 3.81. The Kier molecular flexibility index (Phi) is 8.03. The first kappa shape index (κ1) is 17.8. The molecular formula is C13H20BrClFNO. The summed E-state index contributed by atoms with van der Waals surface area (Å²) in [6.45, 7) is 4.16. The second-order valence-electron chi connectivity index (χ2n) is 4.73. The topological polar surface area (TPSA) is 46.2 Å². The summed E-state index contributed by atoms with van der Waals surface area (Å²) >= 11 is 3.19. The molecule has 1 aromatic rings. The van der Waals surface area contributed by atoms with Crippen LogP contribution in [0.1, 0.15) is 38.3 Å². The lowest BCUT2D eigenvalue weighted by Crippen LogP contribution is -2.27. The standard InChI is InChI=1S/C13H19BrFNO.ClH/c1-8(2)3-6-12(17)13(16)10-5-4-9(14)7-11(10)15;/h4-5,7-8,12-13,17H,3,6,16H2,1-2H3;1H/t12-,13+;/m0./s1. The lowest BCUT2D eigenvalue weighted by Gasteiger charge is -2.20. The molecule has 0 unspecified atom stereocenters. The van der Waals surface area contributed by atoms with E-state index in [4.69, 9.17) is 5.73 Å². The van der Waals surface area contributed by atoms with Crippen molar-refractivity contribution in [2.45, 2.75) is 38.8 Å². The molecule has 0 spiro atoms. The van der Waals surface area contributed by atoms with Gasteiger partial charge in [-0.05, 0) is 30.9 Å². The molecule has 0 fully saturated rings. The zero-order valence-electron chi connectivity index (χ0n) is 10.6. The number of benzene rings is 1. The number of aliphatic hydroxyl groups is 1. The number of halogens is 3. The zero-order chi connectivity index (χ0) is 13.0. The normalized spacial score (nSPS) is 14.2. The lowest BCUT2D eigenvalue weighted by atomic mass is 9.96. The van der Waals surface area contributed by atoms with Crippen molar-refractivity contribution >= 4 is 28.3 Å². The van der Waals surface area contributed by atoms with Crippen LogP contribution >= 0.6 is 28.3 Å². The molecule has 0 aliphatic carbocycles. The maximum Gasteiger partial charge on any atom is 0.129 e. The minimum Gasteiger partial charge on any atom is -0.391 e. The van der Waals surface area contributed by atoms with Crippen molar-refractivity contribution < 1.29 is 9.50 Å². The van der Waals surface area contributed by atoms with Crippen LogP contribution in [0.25, 0.3) is 0 Å². The SMILES string of the molecule is CC(C)CC[C@H](O)[C@H](N)c1ccc(Br)cc1F.Cl. The van der Waals surface area contributed by atoms with E-state index >= 15 is 0 Å². The molecule has 0 saturated carbocycles. The molecule has 3 N–H and O–H groups in total.